The first-order valence-corrected chi connectivity index (χ1v) is 9.39. The molecule has 136 valence electrons. The molecule has 0 aliphatic heterocycles. The van der Waals surface area contributed by atoms with Crippen molar-refractivity contribution in [3.8, 4) is 0 Å². The number of furan rings is 1. The number of nitrogens with one attached hydrogen (secondary N) is 2. The fraction of sp³-hybridized carbons (Fsp3) is 0.444. The van der Waals surface area contributed by atoms with Crippen LogP contribution in [-0.2, 0) is 6.54 Å². The zero-order valence-corrected chi connectivity index (χ0v) is 15.9. The Morgan fingerprint density at radius 1 is 1.36 bits per heavy atom. The van der Waals surface area contributed by atoms with Crippen LogP contribution >= 0.6 is 11.3 Å². The SMILES string of the molecule is CCNC(=NCCCNC(=O)c1occc1C)N(C)Cc1ccsc1. The van der Waals surface area contributed by atoms with Crippen LogP contribution in [0.15, 0.2) is 38.6 Å². The van der Waals surface area contributed by atoms with Crippen molar-refractivity contribution in [2.45, 2.75) is 26.8 Å². The number of nitrogens with zero attached hydrogens (tertiary/aromatic N) is 2. The van der Waals surface area contributed by atoms with Crippen molar-refractivity contribution in [3.63, 3.8) is 0 Å². The molecule has 0 saturated carbocycles. The van der Waals surface area contributed by atoms with Crippen molar-refractivity contribution in [2.75, 3.05) is 26.7 Å². The number of carbonyl (C=O) groups is 1. The van der Waals surface area contributed by atoms with Crippen LogP contribution in [0.3, 0.4) is 0 Å². The normalized spacial score (nSPS) is 11.4. The molecule has 0 aromatic carbocycles. The molecule has 2 heterocycles. The van der Waals surface area contributed by atoms with Gasteiger partial charge in [-0.1, -0.05) is 0 Å². The van der Waals surface area contributed by atoms with Crippen LogP contribution < -0.4 is 10.6 Å². The van der Waals surface area contributed by atoms with Gasteiger partial charge in [-0.25, -0.2) is 0 Å². The number of thiophene rings is 1. The second-order valence-electron chi connectivity index (χ2n) is 5.77. The second-order valence-corrected chi connectivity index (χ2v) is 6.55. The molecule has 0 bridgehead atoms. The maximum atomic E-state index is 12.0. The average Bonchev–Trinajstić information content (AvgIpc) is 3.24. The molecule has 0 atom stereocenters. The molecule has 0 radical (unpaired) electrons. The third-order valence-electron chi connectivity index (χ3n) is 3.65. The number of guanidine groups is 1. The fourth-order valence-electron chi connectivity index (χ4n) is 2.35. The molecule has 6 nitrogen and oxygen atoms in total. The van der Waals surface area contributed by atoms with Crippen molar-refractivity contribution < 1.29 is 9.21 Å². The molecule has 0 aliphatic carbocycles. The van der Waals surface area contributed by atoms with Gasteiger partial charge < -0.3 is 20.0 Å². The summed E-state index contributed by atoms with van der Waals surface area (Å²) in [5, 5.41) is 10.4. The zero-order valence-electron chi connectivity index (χ0n) is 15.0. The van der Waals surface area contributed by atoms with Gasteiger partial charge in [0.2, 0.25) is 0 Å². The highest BCUT2D eigenvalue weighted by Crippen LogP contribution is 2.09. The molecular weight excluding hydrogens is 336 g/mol. The third-order valence-corrected chi connectivity index (χ3v) is 4.38. The highest BCUT2D eigenvalue weighted by molar-refractivity contribution is 7.07. The summed E-state index contributed by atoms with van der Waals surface area (Å²) in [7, 11) is 2.03. The van der Waals surface area contributed by atoms with Gasteiger partial charge in [-0.2, -0.15) is 11.3 Å². The van der Waals surface area contributed by atoms with E-state index < -0.39 is 0 Å². The first-order valence-electron chi connectivity index (χ1n) is 8.44. The summed E-state index contributed by atoms with van der Waals surface area (Å²) in [6, 6.07) is 3.90. The van der Waals surface area contributed by atoms with E-state index in [-0.39, 0.29) is 5.91 Å². The van der Waals surface area contributed by atoms with E-state index in [1.54, 1.807) is 17.4 Å². The number of rotatable bonds is 8. The highest BCUT2D eigenvalue weighted by atomic mass is 32.1. The van der Waals surface area contributed by atoms with E-state index in [0.29, 0.717) is 18.8 Å². The van der Waals surface area contributed by atoms with Crippen molar-refractivity contribution in [2.24, 2.45) is 4.99 Å². The predicted octanol–water partition coefficient (Wildman–Crippen LogP) is 2.87. The largest absolute Gasteiger partial charge is 0.459 e. The molecule has 0 spiro atoms. The summed E-state index contributed by atoms with van der Waals surface area (Å²) < 4.78 is 5.18. The van der Waals surface area contributed by atoms with E-state index in [9.17, 15) is 4.79 Å². The maximum Gasteiger partial charge on any atom is 0.287 e. The predicted molar refractivity (Wildman–Crippen MR) is 102 cm³/mol. The fourth-order valence-corrected chi connectivity index (χ4v) is 3.01. The maximum absolute atomic E-state index is 12.0. The summed E-state index contributed by atoms with van der Waals surface area (Å²) in [4.78, 5) is 18.7. The molecule has 0 aliphatic rings. The number of aliphatic imine (C=N–C) groups is 1. The van der Waals surface area contributed by atoms with E-state index in [1.165, 1.54) is 11.8 Å². The molecule has 0 unspecified atom stereocenters. The van der Waals surface area contributed by atoms with Gasteiger partial charge in [-0.3, -0.25) is 9.79 Å². The van der Waals surface area contributed by atoms with Gasteiger partial charge in [0, 0.05) is 38.8 Å². The van der Waals surface area contributed by atoms with Gasteiger partial charge in [0.15, 0.2) is 11.7 Å². The highest BCUT2D eigenvalue weighted by Gasteiger charge is 2.11. The molecule has 2 rings (SSSR count). The minimum absolute atomic E-state index is 0.173. The summed E-state index contributed by atoms with van der Waals surface area (Å²) in [6.45, 7) is 6.77. The lowest BCUT2D eigenvalue weighted by atomic mass is 10.2. The Balaban J connectivity index is 1.77. The van der Waals surface area contributed by atoms with Gasteiger partial charge in [0.25, 0.3) is 5.91 Å². The number of hydrogen-bond donors (Lipinski definition) is 2. The number of aryl methyl sites for hydroxylation is 1. The summed E-state index contributed by atoms with van der Waals surface area (Å²) in [6.07, 6.45) is 2.30. The van der Waals surface area contributed by atoms with Gasteiger partial charge >= 0.3 is 0 Å². The van der Waals surface area contributed by atoms with Crippen molar-refractivity contribution >= 4 is 23.2 Å². The van der Waals surface area contributed by atoms with E-state index in [0.717, 1.165) is 31.0 Å². The minimum atomic E-state index is -0.173. The Morgan fingerprint density at radius 2 is 2.20 bits per heavy atom. The topological polar surface area (TPSA) is 69.9 Å². The minimum Gasteiger partial charge on any atom is -0.459 e. The molecular formula is C18H26N4O2S. The molecule has 2 aromatic heterocycles. The van der Waals surface area contributed by atoms with E-state index >= 15 is 0 Å². The molecule has 0 fully saturated rings. The van der Waals surface area contributed by atoms with Crippen LogP contribution in [0.4, 0.5) is 0 Å². The Kier molecular flexibility index (Phi) is 7.53. The van der Waals surface area contributed by atoms with Crippen molar-refractivity contribution in [1.29, 1.82) is 0 Å². The monoisotopic (exact) mass is 362 g/mol. The summed E-state index contributed by atoms with van der Waals surface area (Å²) in [5.41, 5.74) is 2.12. The van der Waals surface area contributed by atoms with Crippen LogP contribution in [0.2, 0.25) is 0 Å². The van der Waals surface area contributed by atoms with Gasteiger partial charge in [-0.15, -0.1) is 0 Å². The van der Waals surface area contributed by atoms with Crippen molar-refractivity contribution in [1.82, 2.24) is 15.5 Å². The van der Waals surface area contributed by atoms with Crippen molar-refractivity contribution in [3.05, 3.63) is 46.0 Å². The Morgan fingerprint density at radius 3 is 2.84 bits per heavy atom. The molecule has 2 aromatic rings. The lowest BCUT2D eigenvalue weighted by Crippen LogP contribution is -2.38. The van der Waals surface area contributed by atoms with Crippen LogP contribution in [-0.4, -0.2) is 43.4 Å². The molecule has 25 heavy (non-hydrogen) atoms. The molecule has 2 N–H and O–H groups in total. The van der Waals surface area contributed by atoms with Crippen LogP contribution in [0.5, 0.6) is 0 Å². The third kappa shape index (κ3) is 5.94. The number of hydrogen-bond acceptors (Lipinski definition) is 4. The number of carbonyl (C=O) groups excluding carboxylic acids is 1. The van der Waals surface area contributed by atoms with Gasteiger partial charge in [-0.05, 0) is 48.7 Å². The van der Waals surface area contributed by atoms with Crippen LogP contribution in [0.1, 0.15) is 35.0 Å². The van der Waals surface area contributed by atoms with Gasteiger partial charge in [0.1, 0.15) is 0 Å². The average molecular weight is 362 g/mol. The summed E-state index contributed by atoms with van der Waals surface area (Å²) >= 11 is 1.70. The van der Waals surface area contributed by atoms with E-state index in [2.05, 4.69) is 44.3 Å². The quantitative estimate of drug-likeness (QED) is 0.430. The first-order chi connectivity index (χ1) is 12.1. The van der Waals surface area contributed by atoms with E-state index in [1.807, 2.05) is 14.0 Å². The number of amides is 1. The summed E-state index contributed by atoms with van der Waals surface area (Å²) in [5.74, 6) is 1.09. The lowest BCUT2D eigenvalue weighted by Gasteiger charge is -2.21. The first kappa shape index (κ1) is 19.1. The molecule has 0 saturated heterocycles. The Labute approximate surface area is 152 Å². The van der Waals surface area contributed by atoms with Gasteiger partial charge in [0.05, 0.1) is 6.26 Å². The second kappa shape index (κ2) is 9.88. The standard InChI is InChI=1S/C18H26N4O2S/c1-4-19-18(22(3)12-15-7-11-25-13-15)21-9-5-8-20-17(23)16-14(2)6-10-24-16/h6-7,10-11,13H,4-5,8-9,12H2,1-3H3,(H,19,21)(H,20,23). The van der Waals surface area contributed by atoms with Crippen LogP contribution in [0, 0.1) is 6.92 Å². The Bertz CT molecular complexity index is 679. The molecule has 7 heteroatoms. The Hall–Kier alpha value is -2.28. The van der Waals surface area contributed by atoms with Crippen LogP contribution in [0.25, 0.3) is 0 Å². The van der Waals surface area contributed by atoms with E-state index in [4.69, 9.17) is 4.42 Å². The zero-order chi connectivity index (χ0) is 18.1. The smallest absolute Gasteiger partial charge is 0.287 e. The molecule has 1 amide bonds. The lowest BCUT2D eigenvalue weighted by molar-refractivity contribution is 0.0925.